The third-order valence-electron chi connectivity index (χ3n) is 6.32. The highest BCUT2D eigenvalue weighted by atomic mass is 35.5. The highest BCUT2D eigenvalue weighted by Crippen LogP contribution is 2.31. The lowest BCUT2D eigenvalue weighted by molar-refractivity contribution is -0.123. The third-order valence-corrected chi connectivity index (χ3v) is 6.63. The van der Waals surface area contributed by atoms with E-state index in [0.717, 1.165) is 29.2 Å². The normalized spacial score (nSPS) is 14.5. The molecule has 37 heavy (non-hydrogen) atoms. The fraction of sp³-hybridized carbons (Fsp3) is 0.138. The van der Waals surface area contributed by atoms with Crippen LogP contribution >= 0.6 is 11.6 Å². The van der Waals surface area contributed by atoms with Crippen molar-refractivity contribution >= 4 is 40.4 Å². The van der Waals surface area contributed by atoms with Crippen LogP contribution in [-0.2, 0) is 11.2 Å². The van der Waals surface area contributed by atoms with Crippen molar-refractivity contribution in [2.45, 2.75) is 18.9 Å². The van der Waals surface area contributed by atoms with Crippen LogP contribution in [0.5, 0.6) is 11.5 Å². The number of rotatable bonds is 7. The fourth-order valence-corrected chi connectivity index (χ4v) is 4.67. The van der Waals surface area contributed by atoms with Gasteiger partial charge < -0.3 is 15.2 Å². The van der Waals surface area contributed by atoms with Crippen molar-refractivity contribution < 1.29 is 19.4 Å². The Hall–Kier alpha value is -4.36. The van der Waals surface area contributed by atoms with Crippen LogP contribution in [0.15, 0.2) is 84.0 Å². The number of halogens is 1. The van der Waals surface area contributed by atoms with Crippen LogP contribution in [-0.4, -0.2) is 29.7 Å². The number of hydrogen-bond acceptors (Lipinski definition) is 5. The summed E-state index contributed by atoms with van der Waals surface area (Å²) < 4.78 is 5.90. The first-order valence-corrected chi connectivity index (χ1v) is 12.2. The van der Waals surface area contributed by atoms with Gasteiger partial charge in [0.2, 0.25) is 0 Å². The zero-order valence-corrected chi connectivity index (χ0v) is 20.5. The summed E-state index contributed by atoms with van der Waals surface area (Å²) >= 11 is 5.87. The molecule has 1 aliphatic rings. The molecule has 0 saturated carbocycles. The molecule has 4 aromatic rings. The number of aromatic hydroxyl groups is 1. The minimum Gasteiger partial charge on any atom is -0.506 e. The van der Waals surface area contributed by atoms with Crippen LogP contribution in [0.4, 0.5) is 0 Å². The van der Waals surface area contributed by atoms with Gasteiger partial charge in [-0.3, -0.25) is 9.59 Å². The molecule has 1 aliphatic carbocycles. The average Bonchev–Trinajstić information content (AvgIpc) is 3.32. The predicted octanol–water partition coefficient (Wildman–Crippen LogP) is 5.15. The van der Waals surface area contributed by atoms with Crippen LogP contribution in [0.3, 0.4) is 0 Å². The summed E-state index contributed by atoms with van der Waals surface area (Å²) in [5, 5.41) is 18.4. The minimum absolute atomic E-state index is 0.00967. The quantitative estimate of drug-likeness (QED) is 0.235. The zero-order chi connectivity index (χ0) is 25.8. The molecule has 0 aromatic heterocycles. The largest absolute Gasteiger partial charge is 0.506 e. The molecule has 4 aromatic carbocycles. The molecule has 1 unspecified atom stereocenters. The molecule has 2 amide bonds. The van der Waals surface area contributed by atoms with Gasteiger partial charge in [-0.1, -0.05) is 60.1 Å². The van der Waals surface area contributed by atoms with Crippen LogP contribution in [0.1, 0.15) is 39.5 Å². The number of carbonyl (C=O) groups is 2. The van der Waals surface area contributed by atoms with Crippen molar-refractivity contribution in [3.63, 3.8) is 0 Å². The Balaban J connectivity index is 1.24. The van der Waals surface area contributed by atoms with Gasteiger partial charge in [0, 0.05) is 16.5 Å². The number of carbonyl (C=O) groups excluding carboxylic acids is 2. The summed E-state index contributed by atoms with van der Waals surface area (Å²) in [7, 11) is 0. The number of nitrogens with one attached hydrogen (secondary N) is 2. The Kier molecular flexibility index (Phi) is 7.05. The molecule has 0 spiro atoms. The molecule has 0 radical (unpaired) electrons. The molecule has 0 aliphatic heterocycles. The number of hydrazone groups is 1. The predicted molar refractivity (Wildman–Crippen MR) is 143 cm³/mol. The standard InChI is InChI=1S/C29H24ClN3O4/c30-24-15-19(10-13-26(24)34)29(36)33-31-16-20-11-14-27(23-8-4-3-6-21(20)23)37-17-28(35)32-25-12-9-18-5-1-2-7-22(18)25/h1-8,10-11,13-16,25,34H,9,12,17H2,(H,32,35)(H,33,36)/b31-16+. The van der Waals surface area contributed by atoms with E-state index in [2.05, 4.69) is 28.0 Å². The molecule has 7 nitrogen and oxygen atoms in total. The Morgan fingerprint density at radius 1 is 1.03 bits per heavy atom. The average molecular weight is 514 g/mol. The lowest BCUT2D eigenvalue weighted by Gasteiger charge is -2.15. The molecule has 5 rings (SSSR count). The lowest BCUT2D eigenvalue weighted by atomic mass is 10.0. The zero-order valence-electron chi connectivity index (χ0n) is 19.8. The molecule has 186 valence electrons. The number of nitrogens with zero attached hydrogens (tertiary/aromatic N) is 1. The van der Waals surface area contributed by atoms with E-state index in [1.54, 1.807) is 6.07 Å². The second kappa shape index (κ2) is 10.7. The van der Waals surface area contributed by atoms with E-state index >= 15 is 0 Å². The number of hydrogen-bond donors (Lipinski definition) is 3. The van der Waals surface area contributed by atoms with Crippen molar-refractivity contribution in [1.82, 2.24) is 10.7 Å². The Morgan fingerprint density at radius 2 is 1.81 bits per heavy atom. The molecule has 0 fully saturated rings. The number of ether oxygens (including phenoxy) is 1. The first-order chi connectivity index (χ1) is 18.0. The SMILES string of the molecule is O=C(COc1ccc(/C=N/NC(=O)c2ccc(O)c(Cl)c2)c2ccccc12)NC1CCc2ccccc21. The molecule has 8 heteroatoms. The van der Waals surface area contributed by atoms with Crippen LogP contribution in [0.2, 0.25) is 5.02 Å². The summed E-state index contributed by atoms with van der Waals surface area (Å²) in [6.45, 7) is -0.0959. The monoisotopic (exact) mass is 513 g/mol. The molecule has 0 heterocycles. The number of benzene rings is 4. The molecule has 3 N–H and O–H groups in total. The van der Waals surface area contributed by atoms with Gasteiger partial charge in [-0.25, -0.2) is 5.43 Å². The van der Waals surface area contributed by atoms with Gasteiger partial charge in [0.25, 0.3) is 11.8 Å². The van der Waals surface area contributed by atoms with Crippen molar-refractivity contribution in [3.8, 4) is 11.5 Å². The number of fused-ring (bicyclic) bond motifs is 2. The second-order valence-corrected chi connectivity index (χ2v) is 9.12. The smallest absolute Gasteiger partial charge is 0.271 e. The molecule has 0 bridgehead atoms. The minimum atomic E-state index is -0.460. The van der Waals surface area contributed by atoms with Gasteiger partial charge in [-0.15, -0.1) is 0 Å². The Morgan fingerprint density at radius 3 is 2.65 bits per heavy atom. The number of phenolic OH excluding ortho intramolecular Hbond substituents is 1. The summed E-state index contributed by atoms with van der Waals surface area (Å²) in [6.07, 6.45) is 3.38. The summed E-state index contributed by atoms with van der Waals surface area (Å²) in [4.78, 5) is 25.0. The van der Waals surface area contributed by atoms with E-state index in [1.165, 1.54) is 35.5 Å². The molecule has 1 atom stereocenters. The van der Waals surface area contributed by atoms with Gasteiger partial charge >= 0.3 is 0 Å². The van der Waals surface area contributed by atoms with E-state index < -0.39 is 5.91 Å². The first-order valence-electron chi connectivity index (χ1n) is 11.8. The highest BCUT2D eigenvalue weighted by molar-refractivity contribution is 6.32. The maximum absolute atomic E-state index is 12.6. The van der Waals surface area contributed by atoms with E-state index in [9.17, 15) is 14.7 Å². The van der Waals surface area contributed by atoms with Crippen molar-refractivity contribution in [2.24, 2.45) is 5.10 Å². The van der Waals surface area contributed by atoms with Crippen LogP contribution in [0.25, 0.3) is 10.8 Å². The third kappa shape index (κ3) is 5.42. The van der Waals surface area contributed by atoms with Crippen LogP contribution in [0, 0.1) is 0 Å². The summed E-state index contributed by atoms with van der Waals surface area (Å²) in [5.41, 5.74) is 5.94. The fourth-order valence-electron chi connectivity index (χ4n) is 4.49. The summed E-state index contributed by atoms with van der Waals surface area (Å²) in [5.74, 6) is -0.152. The van der Waals surface area contributed by atoms with Crippen molar-refractivity contribution in [1.29, 1.82) is 0 Å². The summed E-state index contributed by atoms with van der Waals surface area (Å²) in [6, 6.07) is 23.6. The number of phenols is 1. The highest BCUT2D eigenvalue weighted by Gasteiger charge is 2.23. The van der Waals surface area contributed by atoms with E-state index in [0.29, 0.717) is 5.75 Å². The maximum Gasteiger partial charge on any atom is 0.271 e. The van der Waals surface area contributed by atoms with Crippen molar-refractivity contribution in [2.75, 3.05) is 6.61 Å². The van der Waals surface area contributed by atoms with E-state index in [4.69, 9.17) is 16.3 Å². The second-order valence-electron chi connectivity index (χ2n) is 8.71. The first kappa shape index (κ1) is 24.3. The number of aryl methyl sites for hydroxylation is 1. The van der Waals surface area contributed by atoms with E-state index in [-0.39, 0.29) is 34.9 Å². The van der Waals surface area contributed by atoms with Crippen molar-refractivity contribution in [3.05, 3.63) is 106 Å². The topological polar surface area (TPSA) is 100 Å². The Bertz CT molecular complexity index is 1520. The maximum atomic E-state index is 12.6. The van der Waals surface area contributed by atoms with Gasteiger partial charge in [0.1, 0.15) is 11.5 Å². The molecular weight excluding hydrogens is 490 g/mol. The van der Waals surface area contributed by atoms with Gasteiger partial charge in [0.15, 0.2) is 6.61 Å². The van der Waals surface area contributed by atoms with Gasteiger partial charge in [-0.2, -0.15) is 5.10 Å². The molecular formula is C29H24ClN3O4. The Labute approximate surface area is 218 Å². The van der Waals surface area contributed by atoms with E-state index in [1.807, 2.05) is 42.5 Å². The van der Waals surface area contributed by atoms with Gasteiger partial charge in [0.05, 0.1) is 17.3 Å². The lowest BCUT2D eigenvalue weighted by Crippen LogP contribution is -2.31. The number of amides is 2. The molecule has 0 saturated heterocycles. The van der Waals surface area contributed by atoms with Gasteiger partial charge in [-0.05, 0) is 59.7 Å². The van der Waals surface area contributed by atoms with Crippen LogP contribution < -0.4 is 15.5 Å².